The quantitative estimate of drug-likeness (QED) is 0.630. The second kappa shape index (κ2) is 3.11. The van der Waals surface area contributed by atoms with Crippen molar-refractivity contribution in [2.24, 2.45) is 5.73 Å². The van der Waals surface area contributed by atoms with Gasteiger partial charge in [0.25, 0.3) is 0 Å². The molecule has 0 unspecified atom stereocenters. The third-order valence-corrected chi connectivity index (χ3v) is 1.04. The van der Waals surface area contributed by atoms with E-state index in [2.05, 4.69) is 0 Å². The maximum absolute atomic E-state index is 12.0. The maximum atomic E-state index is 12.0. The molecule has 0 saturated heterocycles. The van der Waals surface area contributed by atoms with Crippen molar-refractivity contribution < 1.29 is 8.78 Å². The van der Waals surface area contributed by atoms with Crippen LogP contribution in [0.2, 0.25) is 0 Å². The fourth-order valence-electron chi connectivity index (χ4n) is 0.481. The summed E-state index contributed by atoms with van der Waals surface area (Å²) in [6, 6.07) is -0.115. The SMILES string of the molecule is C[C@H](N)CCC(C)(F)F. The summed E-state index contributed by atoms with van der Waals surface area (Å²) in [5.41, 5.74) is 5.27. The van der Waals surface area contributed by atoms with Gasteiger partial charge in [0.2, 0.25) is 5.92 Å². The maximum Gasteiger partial charge on any atom is 0.245 e. The molecule has 2 N–H and O–H groups in total. The Morgan fingerprint density at radius 2 is 2.00 bits per heavy atom. The molecule has 0 fully saturated rings. The van der Waals surface area contributed by atoms with Crippen LogP contribution in [0, 0.1) is 0 Å². The van der Waals surface area contributed by atoms with E-state index in [0.717, 1.165) is 6.92 Å². The molecule has 0 aromatic rings. The topological polar surface area (TPSA) is 26.0 Å². The third-order valence-electron chi connectivity index (χ3n) is 1.04. The zero-order chi connectivity index (χ0) is 7.49. The lowest BCUT2D eigenvalue weighted by Gasteiger charge is -2.10. The summed E-state index contributed by atoms with van der Waals surface area (Å²) in [4.78, 5) is 0. The van der Waals surface area contributed by atoms with Gasteiger partial charge >= 0.3 is 0 Å². The van der Waals surface area contributed by atoms with Gasteiger partial charge in [0, 0.05) is 12.5 Å². The first-order valence-corrected chi connectivity index (χ1v) is 3.05. The van der Waals surface area contributed by atoms with Crippen molar-refractivity contribution in [1.82, 2.24) is 0 Å². The molecular formula is C6H13F2N. The summed E-state index contributed by atoms with van der Waals surface area (Å²) in [6.07, 6.45) is 0.286. The first kappa shape index (κ1) is 8.82. The van der Waals surface area contributed by atoms with E-state index in [1.54, 1.807) is 6.92 Å². The molecule has 0 aliphatic heterocycles. The molecule has 0 spiro atoms. The Morgan fingerprint density at radius 3 is 2.11 bits per heavy atom. The van der Waals surface area contributed by atoms with Crippen molar-refractivity contribution >= 4 is 0 Å². The van der Waals surface area contributed by atoms with Gasteiger partial charge in [-0.05, 0) is 20.3 Å². The second-order valence-electron chi connectivity index (χ2n) is 2.59. The summed E-state index contributed by atoms with van der Waals surface area (Å²) in [6.45, 7) is 2.64. The predicted octanol–water partition coefficient (Wildman–Crippen LogP) is 1.77. The van der Waals surface area contributed by atoms with Gasteiger partial charge in [-0.2, -0.15) is 0 Å². The number of hydrogen-bond acceptors (Lipinski definition) is 1. The molecule has 0 aliphatic carbocycles. The molecule has 0 saturated carbocycles. The van der Waals surface area contributed by atoms with Crippen molar-refractivity contribution in [3.8, 4) is 0 Å². The molecule has 0 amide bonds. The second-order valence-corrected chi connectivity index (χ2v) is 2.59. The van der Waals surface area contributed by atoms with Gasteiger partial charge in [-0.3, -0.25) is 0 Å². The Morgan fingerprint density at radius 1 is 1.56 bits per heavy atom. The minimum absolute atomic E-state index is 0.106. The van der Waals surface area contributed by atoms with Crippen LogP contribution in [0.3, 0.4) is 0 Å². The van der Waals surface area contributed by atoms with Crippen molar-refractivity contribution in [3.05, 3.63) is 0 Å². The fraction of sp³-hybridized carbons (Fsp3) is 1.00. The van der Waals surface area contributed by atoms with E-state index in [0.29, 0.717) is 6.42 Å². The van der Waals surface area contributed by atoms with Gasteiger partial charge in [0.15, 0.2) is 0 Å². The molecule has 0 heterocycles. The van der Waals surface area contributed by atoms with Crippen LogP contribution in [0.25, 0.3) is 0 Å². The summed E-state index contributed by atoms with van der Waals surface area (Å²) < 4.78 is 24.1. The molecule has 0 aromatic heterocycles. The number of alkyl halides is 2. The number of rotatable bonds is 3. The van der Waals surface area contributed by atoms with Crippen molar-refractivity contribution in [2.45, 2.75) is 38.7 Å². The van der Waals surface area contributed by atoms with E-state index in [1.165, 1.54) is 0 Å². The molecule has 0 rings (SSSR count). The van der Waals surface area contributed by atoms with Gasteiger partial charge in [0.05, 0.1) is 0 Å². The van der Waals surface area contributed by atoms with E-state index >= 15 is 0 Å². The van der Waals surface area contributed by atoms with Gasteiger partial charge in [0.1, 0.15) is 0 Å². The van der Waals surface area contributed by atoms with Crippen LogP contribution in [0.5, 0.6) is 0 Å². The minimum atomic E-state index is -2.55. The highest BCUT2D eigenvalue weighted by Gasteiger charge is 2.20. The van der Waals surface area contributed by atoms with Crippen LogP contribution in [0.15, 0.2) is 0 Å². The van der Waals surface area contributed by atoms with Crippen molar-refractivity contribution in [2.75, 3.05) is 0 Å². The highest BCUT2D eigenvalue weighted by Crippen LogP contribution is 2.18. The van der Waals surface area contributed by atoms with Gasteiger partial charge in [-0.1, -0.05) is 0 Å². The lowest BCUT2D eigenvalue weighted by atomic mass is 10.1. The van der Waals surface area contributed by atoms with Crippen LogP contribution in [-0.2, 0) is 0 Å². The average molecular weight is 137 g/mol. The highest BCUT2D eigenvalue weighted by molar-refractivity contribution is 4.62. The van der Waals surface area contributed by atoms with Crippen molar-refractivity contribution in [1.29, 1.82) is 0 Å². The van der Waals surface area contributed by atoms with E-state index in [-0.39, 0.29) is 12.5 Å². The largest absolute Gasteiger partial charge is 0.328 e. The van der Waals surface area contributed by atoms with Crippen LogP contribution in [0.4, 0.5) is 8.78 Å². The minimum Gasteiger partial charge on any atom is -0.328 e. The fourth-order valence-corrected chi connectivity index (χ4v) is 0.481. The van der Waals surface area contributed by atoms with E-state index < -0.39 is 5.92 Å². The summed E-state index contributed by atoms with van der Waals surface area (Å²) in [5.74, 6) is -2.55. The molecule has 0 aromatic carbocycles. The molecule has 1 nitrogen and oxygen atoms in total. The average Bonchev–Trinajstić information content (AvgIpc) is 1.59. The van der Waals surface area contributed by atoms with E-state index in [9.17, 15) is 8.78 Å². The summed E-state index contributed by atoms with van der Waals surface area (Å²) in [7, 11) is 0. The Bertz CT molecular complexity index is 75.6. The number of halogens is 2. The lowest BCUT2D eigenvalue weighted by Crippen LogP contribution is -2.19. The van der Waals surface area contributed by atoms with E-state index in [1.807, 2.05) is 0 Å². The summed E-state index contributed by atoms with van der Waals surface area (Å²) >= 11 is 0. The van der Waals surface area contributed by atoms with Crippen LogP contribution >= 0.6 is 0 Å². The Kier molecular flexibility index (Phi) is 3.04. The molecule has 0 bridgehead atoms. The predicted molar refractivity (Wildman–Crippen MR) is 33.5 cm³/mol. The molecule has 0 aliphatic rings. The Balaban J connectivity index is 3.28. The standard InChI is InChI=1S/C6H13F2N/c1-5(9)3-4-6(2,7)8/h5H,3-4,9H2,1-2H3/t5-/m0/s1. The number of hydrogen-bond donors (Lipinski definition) is 1. The Labute approximate surface area is 54.2 Å². The molecule has 0 radical (unpaired) electrons. The zero-order valence-electron chi connectivity index (χ0n) is 5.82. The van der Waals surface area contributed by atoms with Crippen LogP contribution in [0.1, 0.15) is 26.7 Å². The van der Waals surface area contributed by atoms with E-state index in [4.69, 9.17) is 5.73 Å². The Hall–Kier alpha value is -0.180. The normalized spacial score (nSPS) is 15.7. The number of nitrogens with two attached hydrogens (primary N) is 1. The first-order valence-electron chi connectivity index (χ1n) is 3.05. The first-order chi connectivity index (χ1) is 3.92. The van der Waals surface area contributed by atoms with Crippen LogP contribution in [-0.4, -0.2) is 12.0 Å². The highest BCUT2D eigenvalue weighted by atomic mass is 19.3. The molecular weight excluding hydrogens is 124 g/mol. The zero-order valence-corrected chi connectivity index (χ0v) is 5.82. The van der Waals surface area contributed by atoms with Crippen LogP contribution < -0.4 is 5.73 Å². The van der Waals surface area contributed by atoms with Crippen molar-refractivity contribution in [3.63, 3.8) is 0 Å². The lowest BCUT2D eigenvalue weighted by molar-refractivity contribution is 0.00965. The van der Waals surface area contributed by atoms with Gasteiger partial charge in [-0.25, -0.2) is 8.78 Å². The smallest absolute Gasteiger partial charge is 0.245 e. The summed E-state index contributed by atoms with van der Waals surface area (Å²) in [5, 5.41) is 0. The third kappa shape index (κ3) is 7.82. The monoisotopic (exact) mass is 137 g/mol. The van der Waals surface area contributed by atoms with Gasteiger partial charge < -0.3 is 5.73 Å². The molecule has 1 atom stereocenters. The molecule has 3 heteroatoms. The van der Waals surface area contributed by atoms with Gasteiger partial charge in [-0.15, -0.1) is 0 Å². The molecule has 56 valence electrons. The molecule has 9 heavy (non-hydrogen) atoms.